The van der Waals surface area contributed by atoms with Gasteiger partial charge >= 0.3 is 21.3 Å². The van der Waals surface area contributed by atoms with Crippen molar-refractivity contribution in [3.05, 3.63) is 35.4 Å². The number of rotatable bonds is 4. The molecule has 10 heteroatoms. The Morgan fingerprint density at radius 3 is 2.16 bits per heavy atom. The fraction of sp³-hybridized carbons (Fsp3) is 0.222. The Hall–Kier alpha value is -1.68. The number of alkyl halides is 2. The first-order chi connectivity index (χ1) is 8.56. The monoisotopic (exact) mass is 302 g/mol. The molecule has 0 fully saturated rings. The summed E-state index contributed by atoms with van der Waals surface area (Å²) in [6.07, 6.45) is 0. The van der Waals surface area contributed by atoms with Crippen LogP contribution in [-0.2, 0) is 14.9 Å². The van der Waals surface area contributed by atoms with E-state index in [9.17, 15) is 30.8 Å². The van der Waals surface area contributed by atoms with E-state index in [1.165, 1.54) is 0 Å². The summed E-state index contributed by atoms with van der Waals surface area (Å²) >= 11 is 0. The van der Waals surface area contributed by atoms with Gasteiger partial charge in [-0.25, -0.2) is 13.6 Å². The van der Waals surface area contributed by atoms with Gasteiger partial charge in [0.1, 0.15) is 17.2 Å². The van der Waals surface area contributed by atoms with E-state index < -0.39 is 45.1 Å². The van der Waals surface area contributed by atoms with Crippen LogP contribution in [0, 0.1) is 11.6 Å². The van der Waals surface area contributed by atoms with Crippen molar-refractivity contribution in [2.75, 3.05) is 6.61 Å². The number of carbonyl (C=O) groups is 1. The molecule has 106 valence electrons. The molecule has 1 rings (SSSR count). The second-order valence-corrected chi connectivity index (χ2v) is 4.83. The van der Waals surface area contributed by atoms with Crippen LogP contribution in [0.15, 0.2) is 18.2 Å². The molecule has 0 heterocycles. The molecule has 0 aromatic heterocycles. The van der Waals surface area contributed by atoms with Crippen molar-refractivity contribution in [2.45, 2.75) is 5.25 Å². The van der Waals surface area contributed by atoms with E-state index in [0.29, 0.717) is 12.1 Å². The SMILES string of the molecule is O=C(OCC(F)(F)S(=O)(=O)O)c1c(F)cccc1F. The molecule has 0 saturated carbocycles. The van der Waals surface area contributed by atoms with Crippen LogP contribution in [0.2, 0.25) is 0 Å². The maximum absolute atomic E-state index is 13.1. The van der Waals surface area contributed by atoms with E-state index in [4.69, 9.17) is 4.55 Å². The highest BCUT2D eigenvalue weighted by Gasteiger charge is 2.45. The van der Waals surface area contributed by atoms with Crippen molar-refractivity contribution in [3.63, 3.8) is 0 Å². The fourth-order valence-electron chi connectivity index (χ4n) is 0.989. The quantitative estimate of drug-likeness (QED) is 0.519. The Labute approximate surface area is 104 Å². The van der Waals surface area contributed by atoms with E-state index in [2.05, 4.69) is 4.74 Å². The number of ether oxygens (including phenoxy) is 1. The summed E-state index contributed by atoms with van der Waals surface area (Å²) in [7, 11) is -5.80. The van der Waals surface area contributed by atoms with Crippen LogP contribution in [0.3, 0.4) is 0 Å². The molecule has 1 N–H and O–H groups in total. The molecule has 0 saturated heterocycles. The lowest BCUT2D eigenvalue weighted by Crippen LogP contribution is -2.34. The molecule has 0 spiro atoms. The van der Waals surface area contributed by atoms with Crippen LogP contribution in [0.1, 0.15) is 10.4 Å². The lowest BCUT2D eigenvalue weighted by Gasteiger charge is -2.13. The Bertz CT molecular complexity index is 578. The molecule has 19 heavy (non-hydrogen) atoms. The summed E-state index contributed by atoms with van der Waals surface area (Å²) in [6.45, 7) is -2.07. The highest BCUT2D eigenvalue weighted by atomic mass is 32.2. The zero-order valence-electron chi connectivity index (χ0n) is 8.94. The maximum Gasteiger partial charge on any atom is 0.402 e. The maximum atomic E-state index is 13.1. The predicted octanol–water partition coefficient (Wildman–Crippen LogP) is 1.60. The largest absolute Gasteiger partial charge is 0.454 e. The highest BCUT2D eigenvalue weighted by Crippen LogP contribution is 2.22. The van der Waals surface area contributed by atoms with Gasteiger partial charge in [0.25, 0.3) is 0 Å². The van der Waals surface area contributed by atoms with Crippen LogP contribution in [-0.4, -0.2) is 30.8 Å². The van der Waals surface area contributed by atoms with Crippen molar-refractivity contribution >= 4 is 16.1 Å². The first kappa shape index (κ1) is 15.4. The molecule has 5 nitrogen and oxygen atoms in total. The van der Waals surface area contributed by atoms with Crippen LogP contribution < -0.4 is 0 Å². The third-order valence-electron chi connectivity index (χ3n) is 1.92. The molecule has 0 aliphatic heterocycles. The van der Waals surface area contributed by atoms with Gasteiger partial charge in [-0.3, -0.25) is 4.55 Å². The van der Waals surface area contributed by atoms with Crippen molar-refractivity contribution in [1.29, 1.82) is 0 Å². The molecule has 0 aliphatic carbocycles. The van der Waals surface area contributed by atoms with Gasteiger partial charge < -0.3 is 4.74 Å². The average molecular weight is 302 g/mol. The first-order valence-corrected chi connectivity index (χ1v) is 5.96. The third-order valence-corrected chi connectivity index (χ3v) is 2.79. The molecular weight excluding hydrogens is 296 g/mol. The minimum atomic E-state index is -5.80. The molecule has 0 unspecified atom stereocenters. The highest BCUT2D eigenvalue weighted by molar-refractivity contribution is 7.86. The minimum absolute atomic E-state index is 0.681. The van der Waals surface area contributed by atoms with E-state index in [1.54, 1.807) is 0 Å². The van der Waals surface area contributed by atoms with Crippen molar-refractivity contribution in [3.8, 4) is 0 Å². The Balaban J connectivity index is 2.89. The van der Waals surface area contributed by atoms with Crippen molar-refractivity contribution in [2.24, 2.45) is 0 Å². The van der Waals surface area contributed by atoms with Gasteiger partial charge in [0.15, 0.2) is 6.61 Å². The zero-order valence-corrected chi connectivity index (χ0v) is 9.76. The van der Waals surface area contributed by atoms with Crippen LogP contribution in [0.25, 0.3) is 0 Å². The van der Waals surface area contributed by atoms with Crippen LogP contribution >= 0.6 is 0 Å². The fourth-order valence-corrected chi connectivity index (χ4v) is 1.20. The first-order valence-electron chi connectivity index (χ1n) is 4.52. The van der Waals surface area contributed by atoms with Crippen molar-refractivity contribution < 1.29 is 40.1 Å². The number of halogens is 4. The lowest BCUT2D eigenvalue weighted by molar-refractivity contribution is -0.0101. The Morgan fingerprint density at radius 2 is 1.74 bits per heavy atom. The van der Waals surface area contributed by atoms with Gasteiger partial charge in [-0.05, 0) is 12.1 Å². The van der Waals surface area contributed by atoms with Gasteiger partial charge in [0.05, 0.1) is 0 Å². The summed E-state index contributed by atoms with van der Waals surface area (Å²) in [6, 6.07) is 2.29. The number of carbonyl (C=O) groups excluding carboxylic acids is 1. The van der Waals surface area contributed by atoms with Crippen LogP contribution in [0.4, 0.5) is 17.6 Å². The van der Waals surface area contributed by atoms with Gasteiger partial charge in [-0.15, -0.1) is 0 Å². The lowest BCUT2D eigenvalue weighted by atomic mass is 10.2. The molecule has 0 bridgehead atoms. The molecule has 0 atom stereocenters. The normalized spacial score (nSPS) is 12.3. The van der Waals surface area contributed by atoms with E-state index >= 15 is 0 Å². The van der Waals surface area contributed by atoms with Gasteiger partial charge in [-0.2, -0.15) is 17.2 Å². The van der Waals surface area contributed by atoms with E-state index in [0.717, 1.165) is 6.07 Å². The Morgan fingerprint density at radius 1 is 1.26 bits per heavy atom. The summed E-state index contributed by atoms with van der Waals surface area (Å²) in [5.41, 5.74) is -1.24. The molecule has 0 amide bonds. The number of hydrogen-bond acceptors (Lipinski definition) is 4. The number of benzene rings is 1. The topological polar surface area (TPSA) is 80.7 Å². The standard InChI is InChI=1S/C9H6F4O5S/c10-5-2-1-3-6(11)7(5)8(14)18-4-9(12,13)19(15,16)17/h1-3H,4H2,(H,15,16,17). The average Bonchev–Trinajstić information content (AvgIpc) is 2.24. The van der Waals surface area contributed by atoms with Crippen molar-refractivity contribution in [1.82, 2.24) is 0 Å². The minimum Gasteiger partial charge on any atom is -0.454 e. The van der Waals surface area contributed by atoms with E-state index in [-0.39, 0.29) is 0 Å². The number of esters is 1. The van der Waals surface area contributed by atoms with E-state index in [1.807, 2.05) is 0 Å². The zero-order chi connectivity index (χ0) is 14.8. The van der Waals surface area contributed by atoms with Gasteiger partial charge in [0, 0.05) is 0 Å². The summed E-state index contributed by atoms with van der Waals surface area (Å²) in [5, 5.41) is -4.77. The smallest absolute Gasteiger partial charge is 0.402 e. The molecular formula is C9H6F4O5S. The van der Waals surface area contributed by atoms with Gasteiger partial charge in [-0.1, -0.05) is 6.07 Å². The summed E-state index contributed by atoms with van der Waals surface area (Å²) < 4.78 is 83.8. The molecule has 0 aliphatic rings. The summed E-state index contributed by atoms with van der Waals surface area (Å²) in [5.74, 6) is -4.54. The third kappa shape index (κ3) is 3.41. The van der Waals surface area contributed by atoms with Crippen LogP contribution in [0.5, 0.6) is 0 Å². The predicted molar refractivity (Wildman–Crippen MR) is 53.1 cm³/mol. The van der Waals surface area contributed by atoms with Gasteiger partial charge in [0.2, 0.25) is 0 Å². The second-order valence-electron chi connectivity index (χ2n) is 3.29. The summed E-state index contributed by atoms with van der Waals surface area (Å²) in [4.78, 5) is 11.1. The second kappa shape index (κ2) is 5.13. The molecule has 1 aromatic carbocycles. The molecule has 0 radical (unpaired) electrons. The molecule has 1 aromatic rings. The number of hydrogen-bond donors (Lipinski definition) is 1. The Kier molecular flexibility index (Phi) is 4.15.